The molecule has 1 aromatic rings. The highest BCUT2D eigenvalue weighted by atomic mass is 32.2. The van der Waals surface area contributed by atoms with Gasteiger partial charge in [0.25, 0.3) is 10.0 Å². The van der Waals surface area contributed by atoms with E-state index in [1.165, 1.54) is 6.20 Å². The number of aryl methyl sites for hydroxylation is 1. The Morgan fingerprint density at radius 1 is 1.56 bits per heavy atom. The van der Waals surface area contributed by atoms with Crippen LogP contribution in [0.25, 0.3) is 0 Å². The topological polar surface area (TPSA) is 112 Å². The van der Waals surface area contributed by atoms with Gasteiger partial charge in [-0.25, -0.2) is 13.4 Å². The van der Waals surface area contributed by atoms with Gasteiger partial charge in [0, 0.05) is 6.42 Å². The summed E-state index contributed by atoms with van der Waals surface area (Å²) in [6.07, 6.45) is 1.75. The zero-order valence-corrected chi connectivity index (χ0v) is 11.3. The molecule has 0 aliphatic heterocycles. The third-order valence-electron chi connectivity index (χ3n) is 2.44. The van der Waals surface area contributed by atoms with E-state index in [-0.39, 0.29) is 10.9 Å². The van der Waals surface area contributed by atoms with Crippen LogP contribution in [0, 0.1) is 5.92 Å². The minimum absolute atomic E-state index is 0.119. The van der Waals surface area contributed by atoms with Gasteiger partial charge < -0.3 is 10.1 Å². The number of rotatable bonds is 6. The lowest BCUT2D eigenvalue weighted by molar-refractivity contribution is -0.140. The zero-order valence-electron chi connectivity index (χ0n) is 10.5. The molecular formula is C10H17N3O4S. The normalized spacial score (nSPS) is 13.8. The van der Waals surface area contributed by atoms with Crippen LogP contribution in [-0.2, 0) is 21.2 Å². The molecule has 0 fully saturated rings. The number of nitrogens with one attached hydrogen (secondary N) is 2. The maximum absolute atomic E-state index is 11.9. The zero-order chi connectivity index (χ0) is 13.9. The summed E-state index contributed by atoms with van der Waals surface area (Å²) in [6, 6.07) is -1.16. The number of aromatic amines is 1. The predicted octanol–water partition coefficient (Wildman–Crippen LogP) is 0.360. The fraction of sp³-hybridized carbons (Fsp3) is 0.600. The molecule has 1 rings (SSSR count). The van der Waals surface area contributed by atoms with Crippen molar-refractivity contribution in [3.8, 4) is 0 Å². The van der Waals surface area contributed by atoms with Crippen LogP contribution >= 0.6 is 0 Å². The number of nitrogens with zero attached hydrogens (tertiary/aromatic N) is 1. The van der Waals surface area contributed by atoms with Crippen LogP contribution in [0.4, 0.5) is 0 Å². The van der Waals surface area contributed by atoms with Gasteiger partial charge in [0.05, 0.1) is 6.20 Å². The Kier molecular flexibility index (Phi) is 4.47. The van der Waals surface area contributed by atoms with E-state index in [1.54, 1.807) is 13.8 Å². The fourth-order valence-corrected chi connectivity index (χ4v) is 2.64. The van der Waals surface area contributed by atoms with Crippen molar-refractivity contribution in [3.63, 3.8) is 0 Å². The Morgan fingerprint density at radius 2 is 2.17 bits per heavy atom. The minimum Gasteiger partial charge on any atom is -0.480 e. The molecule has 0 aromatic carbocycles. The Balaban J connectivity index is 2.96. The van der Waals surface area contributed by atoms with Crippen LogP contribution in [0.2, 0.25) is 0 Å². The molecule has 0 radical (unpaired) electrons. The van der Waals surface area contributed by atoms with E-state index in [2.05, 4.69) is 14.7 Å². The SMILES string of the molecule is CCc1ncc(S(=O)(=O)NC(C(=O)O)C(C)C)[nH]1. The summed E-state index contributed by atoms with van der Waals surface area (Å²) in [4.78, 5) is 17.5. The predicted molar refractivity (Wildman–Crippen MR) is 64.5 cm³/mol. The molecule has 0 amide bonds. The van der Waals surface area contributed by atoms with E-state index >= 15 is 0 Å². The molecule has 3 N–H and O–H groups in total. The first-order valence-corrected chi connectivity index (χ1v) is 7.05. The molecule has 1 unspecified atom stereocenters. The molecule has 0 bridgehead atoms. The van der Waals surface area contributed by atoms with Crippen molar-refractivity contribution < 1.29 is 18.3 Å². The van der Waals surface area contributed by atoms with E-state index in [0.29, 0.717) is 12.2 Å². The average molecular weight is 275 g/mol. The third kappa shape index (κ3) is 3.30. The van der Waals surface area contributed by atoms with Gasteiger partial charge in [0.1, 0.15) is 11.9 Å². The first-order chi connectivity index (χ1) is 8.27. The fourth-order valence-electron chi connectivity index (χ4n) is 1.36. The number of aromatic nitrogens is 2. The number of aliphatic carboxylic acids is 1. The number of H-pyrrole nitrogens is 1. The third-order valence-corrected chi connectivity index (χ3v) is 3.80. The first-order valence-electron chi connectivity index (χ1n) is 5.57. The van der Waals surface area contributed by atoms with Crippen molar-refractivity contribution in [1.82, 2.24) is 14.7 Å². The van der Waals surface area contributed by atoms with Crippen molar-refractivity contribution >= 4 is 16.0 Å². The van der Waals surface area contributed by atoms with Crippen LogP contribution in [0.15, 0.2) is 11.2 Å². The molecule has 7 nitrogen and oxygen atoms in total. The number of carbonyl (C=O) groups is 1. The van der Waals surface area contributed by atoms with E-state index in [4.69, 9.17) is 5.11 Å². The van der Waals surface area contributed by atoms with Crippen molar-refractivity contribution in [2.45, 2.75) is 38.3 Å². The molecule has 102 valence electrons. The lowest BCUT2D eigenvalue weighted by Gasteiger charge is -2.17. The number of carboxylic acids is 1. The quantitative estimate of drug-likeness (QED) is 0.694. The van der Waals surface area contributed by atoms with Crippen LogP contribution in [0.5, 0.6) is 0 Å². The van der Waals surface area contributed by atoms with Gasteiger partial charge in [-0.05, 0) is 5.92 Å². The largest absolute Gasteiger partial charge is 0.480 e. The Bertz CT molecular complexity index is 521. The van der Waals surface area contributed by atoms with Crippen molar-refractivity contribution in [3.05, 3.63) is 12.0 Å². The second-order valence-corrected chi connectivity index (χ2v) is 5.91. The van der Waals surface area contributed by atoms with Gasteiger partial charge in [-0.2, -0.15) is 4.72 Å². The number of imidazole rings is 1. The standard InChI is InChI=1S/C10H17N3O4S/c1-4-7-11-5-8(12-7)18(16,17)13-9(6(2)3)10(14)15/h5-6,9,13H,4H2,1-3H3,(H,11,12)(H,14,15). The number of hydrogen-bond donors (Lipinski definition) is 3. The molecule has 1 aromatic heterocycles. The van der Waals surface area contributed by atoms with Crippen molar-refractivity contribution in [2.24, 2.45) is 5.92 Å². The molecule has 0 aliphatic carbocycles. The Labute approximate surface area is 106 Å². The maximum atomic E-state index is 11.9. The number of sulfonamides is 1. The molecule has 0 aliphatic rings. The lowest BCUT2D eigenvalue weighted by atomic mass is 10.1. The molecule has 1 heterocycles. The van der Waals surface area contributed by atoms with Crippen LogP contribution < -0.4 is 4.72 Å². The number of carboxylic acid groups (broad SMARTS) is 1. The molecule has 0 spiro atoms. The van der Waals surface area contributed by atoms with Crippen LogP contribution in [-0.4, -0.2) is 35.5 Å². The Morgan fingerprint density at radius 3 is 2.56 bits per heavy atom. The van der Waals surface area contributed by atoms with Crippen LogP contribution in [0.1, 0.15) is 26.6 Å². The molecule has 1 atom stereocenters. The summed E-state index contributed by atoms with van der Waals surface area (Å²) < 4.78 is 26.0. The van der Waals surface area contributed by atoms with Crippen LogP contribution in [0.3, 0.4) is 0 Å². The summed E-state index contributed by atoms with van der Waals surface area (Å²) in [6.45, 7) is 5.09. The van der Waals surface area contributed by atoms with Gasteiger partial charge >= 0.3 is 5.97 Å². The maximum Gasteiger partial charge on any atom is 0.322 e. The van der Waals surface area contributed by atoms with Gasteiger partial charge in [0.15, 0.2) is 5.03 Å². The van der Waals surface area contributed by atoms with Gasteiger partial charge in [-0.3, -0.25) is 4.79 Å². The number of hydrogen-bond acceptors (Lipinski definition) is 4. The first kappa shape index (κ1) is 14.7. The van der Waals surface area contributed by atoms with E-state index in [9.17, 15) is 13.2 Å². The summed E-state index contributed by atoms with van der Waals surface area (Å²) in [7, 11) is -3.89. The van der Waals surface area contributed by atoms with Gasteiger partial charge in [-0.1, -0.05) is 20.8 Å². The summed E-state index contributed by atoms with van der Waals surface area (Å²) in [5.74, 6) is -1.03. The highest BCUT2D eigenvalue weighted by molar-refractivity contribution is 7.89. The summed E-state index contributed by atoms with van der Waals surface area (Å²) >= 11 is 0. The van der Waals surface area contributed by atoms with Gasteiger partial charge in [0.2, 0.25) is 0 Å². The van der Waals surface area contributed by atoms with E-state index < -0.39 is 22.0 Å². The lowest BCUT2D eigenvalue weighted by Crippen LogP contribution is -2.44. The highest BCUT2D eigenvalue weighted by Gasteiger charge is 2.28. The highest BCUT2D eigenvalue weighted by Crippen LogP contribution is 2.10. The smallest absolute Gasteiger partial charge is 0.322 e. The van der Waals surface area contributed by atoms with Crippen molar-refractivity contribution in [1.29, 1.82) is 0 Å². The van der Waals surface area contributed by atoms with E-state index in [0.717, 1.165) is 0 Å². The molecule has 0 saturated heterocycles. The van der Waals surface area contributed by atoms with Gasteiger partial charge in [-0.15, -0.1) is 0 Å². The summed E-state index contributed by atoms with van der Waals surface area (Å²) in [5, 5.41) is 8.83. The Hall–Kier alpha value is -1.41. The molecular weight excluding hydrogens is 258 g/mol. The second-order valence-electron chi connectivity index (χ2n) is 4.23. The van der Waals surface area contributed by atoms with E-state index in [1.807, 2.05) is 6.92 Å². The second kappa shape index (κ2) is 5.49. The monoisotopic (exact) mass is 275 g/mol. The molecule has 18 heavy (non-hydrogen) atoms. The molecule has 8 heteroatoms. The van der Waals surface area contributed by atoms with Crippen molar-refractivity contribution in [2.75, 3.05) is 0 Å². The minimum atomic E-state index is -3.89. The summed E-state index contributed by atoms with van der Waals surface area (Å²) in [5.41, 5.74) is 0. The molecule has 0 saturated carbocycles. The average Bonchev–Trinajstić information content (AvgIpc) is 2.74.